The first-order valence-electron chi connectivity index (χ1n) is 5.01. The second-order valence-electron chi connectivity index (χ2n) is 3.56. The van der Waals surface area contributed by atoms with E-state index in [-0.39, 0.29) is 5.91 Å². The number of fused-ring (bicyclic) bond motifs is 1. The second kappa shape index (κ2) is 3.78. The highest BCUT2D eigenvalue weighted by Gasteiger charge is 2.18. The molecule has 0 bridgehead atoms. The van der Waals surface area contributed by atoms with Gasteiger partial charge in [0.1, 0.15) is 0 Å². The first-order chi connectivity index (χ1) is 6.81. The number of amides is 1. The largest absolute Gasteiger partial charge is 0.338 e. The molecule has 0 fully saturated rings. The van der Waals surface area contributed by atoms with Crippen LogP contribution in [0.2, 0.25) is 0 Å². The van der Waals surface area contributed by atoms with Crippen LogP contribution in [-0.4, -0.2) is 22.3 Å². The lowest BCUT2D eigenvalue weighted by molar-refractivity contribution is -0.131. The van der Waals surface area contributed by atoms with Crippen LogP contribution in [0.25, 0.3) is 0 Å². The predicted molar refractivity (Wildman–Crippen MR) is 53.6 cm³/mol. The smallest absolute Gasteiger partial charge is 0.222 e. The lowest BCUT2D eigenvalue weighted by Crippen LogP contribution is -2.35. The second-order valence-corrected chi connectivity index (χ2v) is 3.56. The zero-order chi connectivity index (χ0) is 9.97. The molecule has 1 amide bonds. The monoisotopic (exact) mass is 190 g/mol. The van der Waals surface area contributed by atoms with Crippen molar-refractivity contribution in [2.24, 2.45) is 0 Å². The van der Waals surface area contributed by atoms with E-state index in [1.165, 1.54) is 11.1 Å². The molecule has 0 radical (unpaired) electrons. The van der Waals surface area contributed by atoms with Gasteiger partial charge >= 0.3 is 0 Å². The van der Waals surface area contributed by atoms with Crippen molar-refractivity contribution >= 4 is 5.91 Å². The molecular weight excluding hydrogens is 176 g/mol. The minimum atomic E-state index is 0.236. The Morgan fingerprint density at radius 2 is 2.43 bits per heavy atom. The Morgan fingerprint density at radius 3 is 3.21 bits per heavy atom. The third-order valence-electron chi connectivity index (χ3n) is 2.67. The summed E-state index contributed by atoms with van der Waals surface area (Å²) in [6.45, 7) is 3.49. The minimum absolute atomic E-state index is 0.236. The van der Waals surface area contributed by atoms with Gasteiger partial charge in [0.2, 0.25) is 5.91 Å². The van der Waals surface area contributed by atoms with E-state index in [1.54, 1.807) is 0 Å². The third-order valence-corrected chi connectivity index (χ3v) is 2.67. The number of hydrogen-bond donors (Lipinski definition) is 0. The molecule has 0 saturated carbocycles. The fraction of sp³-hybridized carbons (Fsp3) is 0.455. The summed E-state index contributed by atoms with van der Waals surface area (Å²) in [7, 11) is 0. The fourth-order valence-corrected chi connectivity index (χ4v) is 1.82. The van der Waals surface area contributed by atoms with Crippen molar-refractivity contribution in [3.63, 3.8) is 0 Å². The summed E-state index contributed by atoms with van der Waals surface area (Å²) in [5, 5.41) is 0. The van der Waals surface area contributed by atoms with Gasteiger partial charge in [0.05, 0.1) is 0 Å². The van der Waals surface area contributed by atoms with Crippen LogP contribution in [0.3, 0.4) is 0 Å². The summed E-state index contributed by atoms with van der Waals surface area (Å²) >= 11 is 0. The molecule has 1 aromatic heterocycles. The van der Waals surface area contributed by atoms with E-state index in [0.717, 1.165) is 19.5 Å². The maximum atomic E-state index is 11.5. The molecule has 0 aromatic carbocycles. The highest BCUT2D eigenvalue weighted by atomic mass is 16.2. The first kappa shape index (κ1) is 9.19. The molecule has 0 unspecified atom stereocenters. The number of carbonyl (C=O) groups is 1. The van der Waals surface area contributed by atoms with E-state index in [1.807, 2.05) is 30.3 Å². The Kier molecular flexibility index (Phi) is 2.48. The van der Waals surface area contributed by atoms with Gasteiger partial charge < -0.3 is 4.90 Å². The van der Waals surface area contributed by atoms with Gasteiger partial charge in [-0.1, -0.05) is 6.92 Å². The Bertz CT molecular complexity index is 349. The highest BCUT2D eigenvalue weighted by Crippen LogP contribution is 2.17. The lowest BCUT2D eigenvalue weighted by atomic mass is 10.0. The number of pyridine rings is 1. The zero-order valence-electron chi connectivity index (χ0n) is 8.36. The number of nitrogens with zero attached hydrogens (tertiary/aromatic N) is 2. The van der Waals surface area contributed by atoms with Crippen LogP contribution in [0, 0.1) is 0 Å². The summed E-state index contributed by atoms with van der Waals surface area (Å²) in [5.41, 5.74) is 2.53. The predicted octanol–water partition coefficient (Wildman–Crippen LogP) is 1.38. The van der Waals surface area contributed by atoms with Crippen LogP contribution in [-0.2, 0) is 17.8 Å². The standard InChI is InChI=1S/C11H14N2O/c1-2-11(14)13-6-4-9-3-5-12-7-10(9)8-13/h3,5,7H,2,4,6,8H2,1H3. The molecule has 0 atom stereocenters. The van der Waals surface area contributed by atoms with Crippen LogP contribution < -0.4 is 0 Å². The van der Waals surface area contributed by atoms with E-state index < -0.39 is 0 Å². The molecule has 0 aliphatic carbocycles. The van der Waals surface area contributed by atoms with Gasteiger partial charge in [-0.2, -0.15) is 0 Å². The molecule has 1 aromatic rings. The zero-order valence-corrected chi connectivity index (χ0v) is 8.36. The van der Waals surface area contributed by atoms with Gasteiger partial charge in [0.25, 0.3) is 0 Å². The van der Waals surface area contributed by atoms with Crippen molar-refractivity contribution < 1.29 is 4.79 Å². The van der Waals surface area contributed by atoms with E-state index in [4.69, 9.17) is 0 Å². The molecule has 3 nitrogen and oxygen atoms in total. The topological polar surface area (TPSA) is 33.2 Å². The molecule has 2 rings (SSSR count). The molecule has 1 aliphatic rings. The molecule has 1 aliphatic heterocycles. The fourth-order valence-electron chi connectivity index (χ4n) is 1.82. The molecular formula is C11H14N2O. The third kappa shape index (κ3) is 1.62. The SMILES string of the molecule is CCC(=O)N1CCc2ccncc2C1. The van der Waals surface area contributed by atoms with Crippen molar-refractivity contribution in [1.29, 1.82) is 0 Å². The van der Waals surface area contributed by atoms with Crippen molar-refractivity contribution in [2.45, 2.75) is 26.3 Å². The van der Waals surface area contributed by atoms with E-state index >= 15 is 0 Å². The number of aromatic nitrogens is 1. The Morgan fingerprint density at radius 1 is 1.57 bits per heavy atom. The van der Waals surface area contributed by atoms with Crippen molar-refractivity contribution in [1.82, 2.24) is 9.88 Å². The maximum Gasteiger partial charge on any atom is 0.222 e. The summed E-state index contributed by atoms with van der Waals surface area (Å²) in [5.74, 6) is 0.236. The molecule has 2 heterocycles. The maximum absolute atomic E-state index is 11.5. The van der Waals surface area contributed by atoms with Crippen LogP contribution in [0.4, 0.5) is 0 Å². The van der Waals surface area contributed by atoms with Gasteiger partial charge in [-0.15, -0.1) is 0 Å². The van der Waals surface area contributed by atoms with E-state index in [2.05, 4.69) is 4.98 Å². The number of hydrogen-bond acceptors (Lipinski definition) is 2. The average Bonchev–Trinajstić information content (AvgIpc) is 2.27. The van der Waals surface area contributed by atoms with Gasteiger partial charge in [-0.3, -0.25) is 9.78 Å². The van der Waals surface area contributed by atoms with Gasteiger partial charge in [-0.25, -0.2) is 0 Å². The Hall–Kier alpha value is -1.38. The van der Waals surface area contributed by atoms with Crippen LogP contribution in [0.5, 0.6) is 0 Å². The van der Waals surface area contributed by atoms with Crippen LogP contribution in [0.1, 0.15) is 24.5 Å². The number of rotatable bonds is 1. The lowest BCUT2D eigenvalue weighted by Gasteiger charge is -2.28. The average molecular weight is 190 g/mol. The van der Waals surface area contributed by atoms with Crippen LogP contribution in [0.15, 0.2) is 18.5 Å². The van der Waals surface area contributed by atoms with Gasteiger partial charge in [0, 0.05) is 31.9 Å². The molecule has 0 saturated heterocycles. The number of carbonyl (C=O) groups excluding carboxylic acids is 1. The van der Waals surface area contributed by atoms with Crippen molar-refractivity contribution in [3.8, 4) is 0 Å². The van der Waals surface area contributed by atoms with Gasteiger partial charge in [-0.05, 0) is 23.6 Å². The summed E-state index contributed by atoms with van der Waals surface area (Å²) in [6, 6.07) is 2.04. The summed E-state index contributed by atoms with van der Waals surface area (Å²) < 4.78 is 0. The Balaban J connectivity index is 2.17. The van der Waals surface area contributed by atoms with Crippen LogP contribution >= 0.6 is 0 Å². The molecule has 0 N–H and O–H groups in total. The molecule has 3 heteroatoms. The Labute approximate surface area is 83.8 Å². The van der Waals surface area contributed by atoms with Crippen molar-refractivity contribution in [3.05, 3.63) is 29.6 Å². The summed E-state index contributed by atoms with van der Waals surface area (Å²) in [6.07, 6.45) is 5.24. The molecule has 14 heavy (non-hydrogen) atoms. The normalized spacial score (nSPS) is 15.1. The van der Waals surface area contributed by atoms with E-state index in [0.29, 0.717) is 6.42 Å². The molecule has 74 valence electrons. The first-order valence-corrected chi connectivity index (χ1v) is 5.01. The highest BCUT2D eigenvalue weighted by molar-refractivity contribution is 5.76. The quantitative estimate of drug-likeness (QED) is 0.670. The minimum Gasteiger partial charge on any atom is -0.338 e. The van der Waals surface area contributed by atoms with Gasteiger partial charge in [0.15, 0.2) is 0 Å². The van der Waals surface area contributed by atoms with E-state index in [9.17, 15) is 4.79 Å². The van der Waals surface area contributed by atoms with Crippen molar-refractivity contribution in [2.75, 3.05) is 6.54 Å². The summed E-state index contributed by atoms with van der Waals surface area (Å²) in [4.78, 5) is 17.5. The molecule has 0 spiro atoms.